The number of anilines is 1. The van der Waals surface area contributed by atoms with Crippen LogP contribution in [-0.4, -0.2) is 30.8 Å². The summed E-state index contributed by atoms with van der Waals surface area (Å²) in [7, 11) is 1.45. The Morgan fingerprint density at radius 1 is 1.38 bits per heavy atom. The van der Waals surface area contributed by atoms with Crippen LogP contribution in [0.5, 0.6) is 5.75 Å². The highest BCUT2D eigenvalue weighted by Crippen LogP contribution is 2.40. The first-order valence-electron chi connectivity index (χ1n) is 7.38. The molecule has 1 heterocycles. The smallest absolute Gasteiger partial charge is 0.333 e. The van der Waals surface area contributed by atoms with Gasteiger partial charge in [0.2, 0.25) is 0 Å². The summed E-state index contributed by atoms with van der Waals surface area (Å²) in [5.41, 5.74) is 0.537. The van der Waals surface area contributed by atoms with E-state index in [0.29, 0.717) is 17.7 Å². The Labute approximate surface area is 123 Å². The van der Waals surface area contributed by atoms with Gasteiger partial charge in [-0.15, -0.1) is 0 Å². The van der Waals surface area contributed by atoms with Crippen molar-refractivity contribution in [2.75, 3.05) is 19.0 Å². The van der Waals surface area contributed by atoms with E-state index < -0.39 is 4.92 Å². The summed E-state index contributed by atoms with van der Waals surface area (Å²) in [5, 5.41) is 14.6. The van der Waals surface area contributed by atoms with Gasteiger partial charge in [-0.1, -0.05) is 6.07 Å². The first kappa shape index (κ1) is 14.1. The van der Waals surface area contributed by atoms with Crippen LogP contribution in [0, 0.1) is 16.0 Å². The van der Waals surface area contributed by atoms with E-state index in [1.807, 2.05) is 0 Å². The van der Waals surface area contributed by atoms with Gasteiger partial charge in [-0.2, -0.15) is 0 Å². The molecule has 1 aromatic carbocycles. The fraction of sp³-hybridized carbons (Fsp3) is 0.600. The molecule has 6 nitrogen and oxygen atoms in total. The maximum Gasteiger partial charge on any atom is 0.333 e. The lowest BCUT2D eigenvalue weighted by atomic mass is 9.99. The van der Waals surface area contributed by atoms with Crippen molar-refractivity contribution in [1.82, 2.24) is 0 Å². The van der Waals surface area contributed by atoms with E-state index in [1.54, 1.807) is 18.2 Å². The second kappa shape index (κ2) is 5.89. The summed E-state index contributed by atoms with van der Waals surface area (Å²) in [6.07, 6.45) is 4.59. The highest BCUT2D eigenvalue weighted by atomic mass is 16.6. The van der Waals surface area contributed by atoms with Gasteiger partial charge in [0.05, 0.1) is 18.1 Å². The largest absolute Gasteiger partial charge is 0.490 e. The third kappa shape index (κ3) is 3.10. The molecule has 0 radical (unpaired) electrons. The van der Waals surface area contributed by atoms with Crippen molar-refractivity contribution < 1.29 is 14.4 Å². The van der Waals surface area contributed by atoms with Crippen molar-refractivity contribution in [1.29, 1.82) is 0 Å². The normalized spacial score (nSPS) is 25.4. The number of nitro groups is 1. The van der Waals surface area contributed by atoms with Gasteiger partial charge >= 0.3 is 5.69 Å². The van der Waals surface area contributed by atoms with Crippen molar-refractivity contribution in [2.24, 2.45) is 5.92 Å². The van der Waals surface area contributed by atoms with Gasteiger partial charge in [0.25, 0.3) is 0 Å². The van der Waals surface area contributed by atoms with Gasteiger partial charge in [-0.05, 0) is 43.7 Å². The first-order valence-corrected chi connectivity index (χ1v) is 7.38. The zero-order valence-electron chi connectivity index (χ0n) is 12.1. The van der Waals surface area contributed by atoms with Crippen molar-refractivity contribution >= 4 is 11.4 Å². The van der Waals surface area contributed by atoms with Gasteiger partial charge in [0.1, 0.15) is 5.69 Å². The van der Waals surface area contributed by atoms with E-state index >= 15 is 0 Å². The number of hydrogen-bond donors (Lipinski definition) is 1. The summed E-state index contributed by atoms with van der Waals surface area (Å²) in [6.45, 7) is 0.719. The molecule has 0 unspecified atom stereocenters. The molecule has 3 rings (SSSR count). The van der Waals surface area contributed by atoms with Crippen LogP contribution in [-0.2, 0) is 4.74 Å². The average molecular weight is 292 g/mol. The van der Waals surface area contributed by atoms with Crippen LogP contribution < -0.4 is 10.1 Å². The lowest BCUT2D eigenvalue weighted by Gasteiger charge is -2.30. The number of para-hydroxylation sites is 1. The van der Waals surface area contributed by atoms with Gasteiger partial charge in [0.15, 0.2) is 5.75 Å². The van der Waals surface area contributed by atoms with E-state index in [0.717, 1.165) is 19.4 Å². The molecule has 2 atom stereocenters. The number of ether oxygens (including phenoxy) is 2. The topological polar surface area (TPSA) is 73.6 Å². The molecule has 0 aromatic heterocycles. The van der Waals surface area contributed by atoms with E-state index in [-0.39, 0.29) is 17.5 Å². The predicted octanol–water partition coefficient (Wildman–Crippen LogP) is 2.97. The zero-order valence-corrected chi connectivity index (χ0v) is 12.1. The number of nitrogens with one attached hydrogen (secondary N) is 1. The molecule has 1 N–H and O–H groups in total. The Hall–Kier alpha value is -1.82. The molecule has 2 aliphatic rings. The second-order valence-electron chi connectivity index (χ2n) is 5.73. The maximum atomic E-state index is 11.3. The number of nitro benzene ring substituents is 1. The number of nitrogens with zero attached hydrogens (tertiary/aromatic N) is 1. The highest BCUT2D eigenvalue weighted by molar-refractivity contribution is 5.68. The molecule has 1 saturated heterocycles. The summed E-state index contributed by atoms with van der Waals surface area (Å²) in [4.78, 5) is 10.9. The standard InChI is InChI=1S/C15H20N2O4/c1-20-13-4-2-3-12(15(13)17(18)19)16-11-7-8-21-14(9-11)10-5-6-10/h2-4,10-11,14,16H,5-9H2,1H3/t11-,14-/m1/s1. The number of benzene rings is 1. The molecular weight excluding hydrogens is 272 g/mol. The molecule has 2 fully saturated rings. The van der Waals surface area contributed by atoms with Crippen LogP contribution in [0.4, 0.5) is 11.4 Å². The van der Waals surface area contributed by atoms with E-state index in [1.165, 1.54) is 20.0 Å². The maximum absolute atomic E-state index is 11.3. The van der Waals surface area contributed by atoms with Gasteiger partial charge < -0.3 is 14.8 Å². The fourth-order valence-corrected chi connectivity index (χ4v) is 2.97. The average Bonchev–Trinajstić information content (AvgIpc) is 3.31. The van der Waals surface area contributed by atoms with Gasteiger partial charge in [-0.25, -0.2) is 0 Å². The summed E-state index contributed by atoms with van der Waals surface area (Å²) in [5.74, 6) is 0.977. The number of methoxy groups -OCH3 is 1. The molecular formula is C15H20N2O4. The third-order valence-electron chi connectivity index (χ3n) is 4.22. The van der Waals surface area contributed by atoms with Crippen LogP contribution in [0.3, 0.4) is 0 Å². The molecule has 6 heteroatoms. The summed E-state index contributed by atoms with van der Waals surface area (Å²) < 4.78 is 10.9. The van der Waals surface area contributed by atoms with Crippen LogP contribution in [0.2, 0.25) is 0 Å². The Morgan fingerprint density at radius 3 is 2.86 bits per heavy atom. The highest BCUT2D eigenvalue weighted by Gasteiger charge is 2.36. The Morgan fingerprint density at radius 2 is 2.19 bits per heavy atom. The second-order valence-corrected chi connectivity index (χ2v) is 5.73. The van der Waals surface area contributed by atoms with Gasteiger partial charge in [-0.3, -0.25) is 10.1 Å². The van der Waals surface area contributed by atoms with Crippen LogP contribution >= 0.6 is 0 Å². The molecule has 1 saturated carbocycles. The van der Waals surface area contributed by atoms with E-state index in [2.05, 4.69) is 5.32 Å². The van der Waals surface area contributed by atoms with E-state index in [4.69, 9.17) is 9.47 Å². The third-order valence-corrected chi connectivity index (χ3v) is 4.22. The monoisotopic (exact) mass is 292 g/mol. The van der Waals surface area contributed by atoms with Crippen molar-refractivity contribution in [3.8, 4) is 5.75 Å². The Bertz CT molecular complexity index is 530. The lowest BCUT2D eigenvalue weighted by Crippen LogP contribution is -2.35. The van der Waals surface area contributed by atoms with Crippen molar-refractivity contribution in [2.45, 2.75) is 37.8 Å². The molecule has 1 aromatic rings. The van der Waals surface area contributed by atoms with Crippen molar-refractivity contribution in [3.63, 3.8) is 0 Å². The Kier molecular flexibility index (Phi) is 3.96. The molecule has 114 valence electrons. The molecule has 1 aliphatic heterocycles. The van der Waals surface area contributed by atoms with Crippen molar-refractivity contribution in [3.05, 3.63) is 28.3 Å². The predicted molar refractivity (Wildman–Crippen MR) is 78.8 cm³/mol. The van der Waals surface area contributed by atoms with Crippen LogP contribution in [0.1, 0.15) is 25.7 Å². The summed E-state index contributed by atoms with van der Waals surface area (Å²) in [6, 6.07) is 5.34. The molecule has 0 spiro atoms. The Balaban J connectivity index is 1.76. The lowest BCUT2D eigenvalue weighted by molar-refractivity contribution is -0.384. The minimum Gasteiger partial charge on any atom is -0.490 e. The zero-order chi connectivity index (χ0) is 14.8. The molecule has 21 heavy (non-hydrogen) atoms. The van der Waals surface area contributed by atoms with Crippen LogP contribution in [0.15, 0.2) is 18.2 Å². The molecule has 0 bridgehead atoms. The summed E-state index contributed by atoms with van der Waals surface area (Å²) >= 11 is 0. The molecule has 1 aliphatic carbocycles. The van der Waals surface area contributed by atoms with E-state index in [9.17, 15) is 10.1 Å². The quantitative estimate of drug-likeness (QED) is 0.667. The minimum absolute atomic E-state index is 0.00876. The fourth-order valence-electron chi connectivity index (χ4n) is 2.97. The minimum atomic E-state index is -0.390. The first-order chi connectivity index (χ1) is 10.2. The number of hydrogen-bond acceptors (Lipinski definition) is 5. The van der Waals surface area contributed by atoms with Crippen LogP contribution in [0.25, 0.3) is 0 Å². The molecule has 0 amide bonds. The van der Waals surface area contributed by atoms with Gasteiger partial charge in [0, 0.05) is 12.6 Å². The number of rotatable bonds is 5. The SMILES string of the molecule is COc1cccc(N[C@@H]2CCO[C@@H](C3CC3)C2)c1[N+](=O)[O-].